The zero-order valence-corrected chi connectivity index (χ0v) is 21.2. The maximum atomic E-state index is 13.2. The monoisotopic (exact) mass is 546 g/mol. The van der Waals surface area contributed by atoms with E-state index in [4.69, 9.17) is 4.74 Å². The number of aryl methyl sites for hydroxylation is 2. The molecular weight excluding hydrogens is 524 g/mol. The van der Waals surface area contributed by atoms with E-state index in [0.717, 1.165) is 4.57 Å². The molecule has 8 nitrogen and oxygen atoms in total. The quantitative estimate of drug-likeness (QED) is 0.450. The maximum Gasteiger partial charge on any atom is 0.338 e. The van der Waals surface area contributed by atoms with E-state index in [2.05, 4.69) is 21.2 Å². The molecule has 178 valence electrons. The molecule has 0 unspecified atom stereocenters. The van der Waals surface area contributed by atoms with Gasteiger partial charge in [-0.3, -0.25) is 9.59 Å². The number of hydrogen-bond donors (Lipinski definition) is 1. The highest BCUT2D eigenvalue weighted by Crippen LogP contribution is 2.23. The van der Waals surface area contributed by atoms with Crippen LogP contribution < -0.4 is 10.9 Å². The molecular formula is C24H23BrN2O6S. The minimum atomic E-state index is -4.10. The van der Waals surface area contributed by atoms with Crippen LogP contribution in [0.4, 0.5) is 5.69 Å². The van der Waals surface area contributed by atoms with Crippen molar-refractivity contribution in [2.45, 2.75) is 37.1 Å². The third kappa shape index (κ3) is 5.45. The van der Waals surface area contributed by atoms with Gasteiger partial charge in [0.05, 0.1) is 17.1 Å². The van der Waals surface area contributed by atoms with Crippen molar-refractivity contribution in [3.63, 3.8) is 0 Å². The Kier molecular flexibility index (Phi) is 7.73. The van der Waals surface area contributed by atoms with Gasteiger partial charge in [0.25, 0.3) is 5.56 Å². The number of pyridine rings is 1. The SMILES string of the molecule is CCOC(=O)c1ccc(NC(=O)Cn2c(C)cc(C)c(S(=O)(=O)c3ccc(Br)cc3)c2=O)cc1. The number of halogens is 1. The highest BCUT2D eigenvalue weighted by molar-refractivity contribution is 9.10. The predicted octanol–water partition coefficient (Wildman–Crippen LogP) is 3.88. The molecule has 1 N–H and O–H groups in total. The number of benzene rings is 2. The van der Waals surface area contributed by atoms with Crippen LogP contribution in [-0.2, 0) is 25.9 Å². The van der Waals surface area contributed by atoms with Gasteiger partial charge < -0.3 is 14.6 Å². The Balaban J connectivity index is 1.88. The number of anilines is 1. The number of sulfone groups is 1. The summed E-state index contributed by atoms with van der Waals surface area (Å²) in [7, 11) is -4.10. The van der Waals surface area contributed by atoms with Gasteiger partial charge in [-0.15, -0.1) is 0 Å². The number of aromatic nitrogens is 1. The van der Waals surface area contributed by atoms with E-state index in [1.807, 2.05) is 0 Å². The van der Waals surface area contributed by atoms with E-state index >= 15 is 0 Å². The molecule has 10 heteroatoms. The van der Waals surface area contributed by atoms with Gasteiger partial charge >= 0.3 is 5.97 Å². The summed E-state index contributed by atoms with van der Waals surface area (Å²) in [5.74, 6) is -0.994. The summed E-state index contributed by atoms with van der Waals surface area (Å²) in [5.41, 5.74) is 0.738. The highest BCUT2D eigenvalue weighted by atomic mass is 79.9. The fourth-order valence-electron chi connectivity index (χ4n) is 3.41. The van der Waals surface area contributed by atoms with Crippen LogP contribution in [0.3, 0.4) is 0 Å². The van der Waals surface area contributed by atoms with Crippen LogP contribution >= 0.6 is 15.9 Å². The van der Waals surface area contributed by atoms with Crippen molar-refractivity contribution in [2.24, 2.45) is 0 Å². The Labute approximate surface area is 205 Å². The highest BCUT2D eigenvalue weighted by Gasteiger charge is 2.26. The molecule has 0 aliphatic rings. The minimum Gasteiger partial charge on any atom is -0.462 e. The van der Waals surface area contributed by atoms with Crippen molar-refractivity contribution in [3.05, 3.63) is 86.2 Å². The molecule has 1 amide bonds. The normalized spacial score (nSPS) is 11.2. The van der Waals surface area contributed by atoms with Crippen molar-refractivity contribution in [1.82, 2.24) is 4.57 Å². The second-order valence-corrected chi connectivity index (χ2v) is 10.3. The minimum absolute atomic E-state index is 0.0163. The number of nitrogens with zero attached hydrogens (tertiary/aromatic N) is 1. The van der Waals surface area contributed by atoms with Crippen molar-refractivity contribution in [3.8, 4) is 0 Å². The van der Waals surface area contributed by atoms with Crippen LogP contribution in [0.25, 0.3) is 0 Å². The first-order valence-electron chi connectivity index (χ1n) is 10.3. The average Bonchev–Trinajstić information content (AvgIpc) is 2.77. The van der Waals surface area contributed by atoms with Crippen LogP contribution in [0.1, 0.15) is 28.5 Å². The van der Waals surface area contributed by atoms with Crippen LogP contribution in [0.2, 0.25) is 0 Å². The number of esters is 1. The van der Waals surface area contributed by atoms with Gasteiger partial charge in [-0.1, -0.05) is 15.9 Å². The Morgan fingerprint density at radius 3 is 2.24 bits per heavy atom. The first-order chi connectivity index (χ1) is 16.0. The van der Waals surface area contributed by atoms with Crippen LogP contribution in [0, 0.1) is 13.8 Å². The van der Waals surface area contributed by atoms with E-state index < -0.39 is 27.3 Å². The second-order valence-electron chi connectivity index (χ2n) is 7.49. The molecule has 3 aromatic rings. The van der Waals surface area contributed by atoms with E-state index in [1.165, 1.54) is 24.3 Å². The van der Waals surface area contributed by atoms with Gasteiger partial charge in [0.1, 0.15) is 11.4 Å². The Morgan fingerprint density at radius 1 is 1.03 bits per heavy atom. The van der Waals surface area contributed by atoms with E-state index in [0.29, 0.717) is 27.0 Å². The fraction of sp³-hybridized carbons (Fsp3) is 0.208. The molecule has 0 bridgehead atoms. The van der Waals surface area contributed by atoms with Crippen molar-refractivity contribution < 1.29 is 22.7 Å². The number of carbonyl (C=O) groups excluding carboxylic acids is 2. The number of hydrogen-bond acceptors (Lipinski definition) is 6. The van der Waals surface area contributed by atoms with Gasteiger partial charge in [0.2, 0.25) is 15.7 Å². The van der Waals surface area contributed by atoms with E-state index in [9.17, 15) is 22.8 Å². The molecule has 0 aliphatic carbocycles. The largest absolute Gasteiger partial charge is 0.462 e. The summed E-state index contributed by atoms with van der Waals surface area (Å²) in [6.45, 7) is 4.76. The molecule has 34 heavy (non-hydrogen) atoms. The van der Waals surface area contributed by atoms with Crippen LogP contribution in [0.5, 0.6) is 0 Å². The van der Waals surface area contributed by atoms with Gasteiger partial charge in [-0.2, -0.15) is 0 Å². The summed E-state index contributed by atoms with van der Waals surface area (Å²) in [6, 6.07) is 13.7. The van der Waals surface area contributed by atoms with Gasteiger partial charge in [0, 0.05) is 15.9 Å². The number of carbonyl (C=O) groups is 2. The molecule has 0 radical (unpaired) electrons. The molecule has 1 heterocycles. The van der Waals surface area contributed by atoms with Crippen molar-refractivity contribution >= 4 is 43.3 Å². The summed E-state index contributed by atoms with van der Waals surface area (Å²) in [4.78, 5) is 37.2. The van der Waals surface area contributed by atoms with Gasteiger partial charge in [-0.25, -0.2) is 13.2 Å². The van der Waals surface area contributed by atoms with Crippen LogP contribution in [-0.4, -0.2) is 31.5 Å². The first-order valence-corrected chi connectivity index (χ1v) is 12.6. The smallest absolute Gasteiger partial charge is 0.338 e. The lowest BCUT2D eigenvalue weighted by atomic mass is 10.2. The third-order valence-electron chi connectivity index (χ3n) is 5.02. The lowest BCUT2D eigenvalue weighted by molar-refractivity contribution is -0.116. The predicted molar refractivity (Wildman–Crippen MR) is 131 cm³/mol. The Hall–Kier alpha value is -3.24. The Morgan fingerprint density at radius 2 is 1.65 bits per heavy atom. The van der Waals surface area contributed by atoms with Crippen LogP contribution in [0.15, 0.2) is 73.7 Å². The first kappa shape index (κ1) is 25.4. The summed E-state index contributed by atoms with van der Waals surface area (Å²) >= 11 is 3.26. The second kappa shape index (κ2) is 10.4. The summed E-state index contributed by atoms with van der Waals surface area (Å²) in [6.07, 6.45) is 0. The molecule has 0 aliphatic heterocycles. The molecule has 0 spiro atoms. The number of nitrogens with one attached hydrogen (secondary N) is 1. The lowest BCUT2D eigenvalue weighted by Crippen LogP contribution is -2.33. The van der Waals surface area contributed by atoms with Crippen molar-refractivity contribution in [1.29, 1.82) is 0 Å². The topological polar surface area (TPSA) is 112 Å². The maximum absolute atomic E-state index is 13.2. The number of amides is 1. The molecule has 1 aromatic heterocycles. The third-order valence-corrected chi connectivity index (χ3v) is 7.48. The zero-order chi connectivity index (χ0) is 25.0. The molecule has 0 saturated heterocycles. The Bertz CT molecular complexity index is 1400. The number of ether oxygens (including phenoxy) is 1. The number of rotatable bonds is 7. The standard InChI is InChI=1S/C24H23BrN2O6S/c1-4-33-24(30)17-5-9-19(10-6-17)26-21(28)14-27-16(3)13-15(2)22(23(27)29)34(31,32)20-11-7-18(25)8-12-20/h5-13H,4,14H2,1-3H3,(H,26,28). The molecule has 0 atom stereocenters. The zero-order valence-electron chi connectivity index (χ0n) is 18.8. The van der Waals surface area contributed by atoms with Gasteiger partial charge in [-0.05, 0) is 80.9 Å². The molecule has 0 fully saturated rings. The summed E-state index contributed by atoms with van der Waals surface area (Å²) < 4.78 is 33.1. The molecule has 0 saturated carbocycles. The molecule has 3 rings (SSSR count). The van der Waals surface area contributed by atoms with E-state index in [1.54, 1.807) is 51.1 Å². The summed E-state index contributed by atoms with van der Waals surface area (Å²) in [5, 5.41) is 2.65. The van der Waals surface area contributed by atoms with Crippen molar-refractivity contribution in [2.75, 3.05) is 11.9 Å². The van der Waals surface area contributed by atoms with Gasteiger partial charge in [0.15, 0.2) is 0 Å². The average molecular weight is 547 g/mol. The lowest BCUT2D eigenvalue weighted by Gasteiger charge is -2.15. The van der Waals surface area contributed by atoms with E-state index in [-0.39, 0.29) is 22.9 Å². The fourth-order valence-corrected chi connectivity index (χ4v) is 5.23. The molecule has 2 aromatic carbocycles.